The minimum atomic E-state index is 0.00241. The number of guanidine groups is 1. The Morgan fingerprint density at radius 3 is 2.71 bits per heavy atom. The van der Waals surface area contributed by atoms with Gasteiger partial charge < -0.3 is 15.5 Å². The molecule has 0 spiro atoms. The van der Waals surface area contributed by atoms with Crippen molar-refractivity contribution < 1.29 is 10.2 Å². The van der Waals surface area contributed by atoms with Gasteiger partial charge in [0.1, 0.15) is 17.2 Å². The molecule has 0 aromatic heterocycles. The molecule has 2 aromatic carbocycles. The van der Waals surface area contributed by atoms with Crippen LogP contribution in [-0.4, -0.2) is 16.2 Å². The van der Waals surface area contributed by atoms with E-state index in [-0.39, 0.29) is 11.5 Å². The van der Waals surface area contributed by atoms with Crippen LogP contribution in [0.25, 0.3) is 0 Å². The monoisotopic (exact) mass is 341 g/mol. The van der Waals surface area contributed by atoms with Gasteiger partial charge in [-0.2, -0.15) is 0 Å². The van der Waals surface area contributed by atoms with E-state index in [9.17, 15) is 10.2 Å². The van der Waals surface area contributed by atoms with Crippen molar-refractivity contribution in [3.8, 4) is 11.5 Å². The maximum Gasteiger partial charge on any atom is 0.211 e. The fourth-order valence-electron chi connectivity index (χ4n) is 1.77. The third kappa shape index (κ3) is 2.97. The first kappa shape index (κ1) is 14.2. The number of phenols is 2. The molecule has 8 heteroatoms. The Hall–Kier alpha value is -1.76. The Bertz CT molecular complexity index is 752. The summed E-state index contributed by atoms with van der Waals surface area (Å²) in [5.41, 5.74) is 1.01. The number of aromatic hydroxyl groups is 2. The van der Waals surface area contributed by atoms with Crippen LogP contribution in [0.5, 0.6) is 11.5 Å². The van der Waals surface area contributed by atoms with E-state index in [2.05, 4.69) is 15.0 Å². The van der Waals surface area contributed by atoms with Gasteiger partial charge in [0.2, 0.25) is 5.96 Å². The van der Waals surface area contributed by atoms with Crippen LogP contribution in [0.15, 0.2) is 40.2 Å². The number of nitrogens with one attached hydrogen (secondary N) is 2. The van der Waals surface area contributed by atoms with E-state index >= 15 is 0 Å². The summed E-state index contributed by atoms with van der Waals surface area (Å²) in [5.74, 6) is 0.497. The summed E-state index contributed by atoms with van der Waals surface area (Å²) >= 11 is 13.2. The standard InChI is InChI=1S/C13H9Cl2N3O2S/c14-6-3-10(20)12-11(4-6)21-18-13(17-12)16-9-2-1-7(19)5-8(9)15/h1-5,19-20H,(H2,16,17,18). The molecule has 1 aliphatic rings. The van der Waals surface area contributed by atoms with E-state index in [1.165, 1.54) is 30.1 Å². The Labute approximate surface area is 134 Å². The van der Waals surface area contributed by atoms with Crippen molar-refractivity contribution in [2.45, 2.75) is 4.90 Å². The summed E-state index contributed by atoms with van der Waals surface area (Å²) < 4.78 is 2.98. The molecule has 5 nitrogen and oxygen atoms in total. The van der Waals surface area contributed by atoms with Crippen molar-refractivity contribution in [1.82, 2.24) is 4.72 Å². The van der Waals surface area contributed by atoms with E-state index in [4.69, 9.17) is 23.2 Å². The van der Waals surface area contributed by atoms with Gasteiger partial charge >= 0.3 is 0 Å². The molecular weight excluding hydrogens is 333 g/mol. The molecule has 0 amide bonds. The van der Waals surface area contributed by atoms with E-state index in [1.807, 2.05) is 0 Å². The van der Waals surface area contributed by atoms with Crippen molar-refractivity contribution in [3.63, 3.8) is 0 Å². The third-order valence-electron chi connectivity index (χ3n) is 2.71. The number of halogens is 2. The molecule has 4 N–H and O–H groups in total. The van der Waals surface area contributed by atoms with Crippen molar-refractivity contribution in [2.75, 3.05) is 5.32 Å². The molecule has 0 saturated heterocycles. The summed E-state index contributed by atoms with van der Waals surface area (Å²) in [6.07, 6.45) is 0. The summed E-state index contributed by atoms with van der Waals surface area (Å²) in [7, 11) is 0. The van der Waals surface area contributed by atoms with Crippen LogP contribution in [0, 0.1) is 0 Å². The summed E-state index contributed by atoms with van der Waals surface area (Å²) in [6.45, 7) is 0. The van der Waals surface area contributed by atoms with E-state index in [0.29, 0.717) is 27.4 Å². The van der Waals surface area contributed by atoms with Crippen LogP contribution >= 0.6 is 35.1 Å². The van der Waals surface area contributed by atoms with E-state index in [1.54, 1.807) is 12.1 Å². The van der Waals surface area contributed by atoms with Gasteiger partial charge in [0.25, 0.3) is 0 Å². The maximum absolute atomic E-state index is 9.89. The summed E-state index contributed by atoms with van der Waals surface area (Å²) in [6, 6.07) is 7.70. The molecule has 1 heterocycles. The normalized spacial score (nSPS) is 13.1. The zero-order valence-corrected chi connectivity index (χ0v) is 12.7. The average Bonchev–Trinajstić information content (AvgIpc) is 2.42. The van der Waals surface area contributed by atoms with Crippen LogP contribution in [0.1, 0.15) is 0 Å². The number of anilines is 1. The molecule has 3 rings (SSSR count). The quantitative estimate of drug-likeness (QED) is 0.463. The van der Waals surface area contributed by atoms with Crippen LogP contribution in [-0.2, 0) is 0 Å². The number of phenolic OH excluding ortho intramolecular Hbond substituents is 2. The highest BCUT2D eigenvalue weighted by molar-refractivity contribution is 7.98. The van der Waals surface area contributed by atoms with Gasteiger partial charge in [0.05, 0.1) is 15.6 Å². The number of aliphatic imine (C=N–C) groups is 1. The van der Waals surface area contributed by atoms with Gasteiger partial charge in [-0.1, -0.05) is 23.2 Å². The minimum absolute atomic E-state index is 0.00241. The van der Waals surface area contributed by atoms with Crippen molar-refractivity contribution in [2.24, 2.45) is 4.99 Å². The molecule has 0 radical (unpaired) electrons. The van der Waals surface area contributed by atoms with Crippen molar-refractivity contribution >= 4 is 52.5 Å². The SMILES string of the molecule is Oc1ccc(NC2=Nc3c(O)cc(Cl)cc3SN2)c(Cl)c1. The Kier molecular flexibility index (Phi) is 3.75. The number of benzene rings is 2. The van der Waals surface area contributed by atoms with Gasteiger partial charge in [-0.25, -0.2) is 4.99 Å². The molecule has 1 aliphatic heterocycles. The van der Waals surface area contributed by atoms with Crippen LogP contribution in [0.2, 0.25) is 10.0 Å². The Morgan fingerprint density at radius 2 is 1.95 bits per heavy atom. The van der Waals surface area contributed by atoms with Crippen LogP contribution in [0.3, 0.4) is 0 Å². The number of rotatable bonds is 1. The first-order chi connectivity index (χ1) is 10.0. The van der Waals surface area contributed by atoms with Gasteiger partial charge in [-0.15, -0.1) is 0 Å². The molecule has 2 aromatic rings. The second-order valence-electron chi connectivity index (χ2n) is 4.23. The lowest BCUT2D eigenvalue weighted by molar-refractivity contribution is 0.475. The first-order valence-corrected chi connectivity index (χ1v) is 7.40. The highest BCUT2D eigenvalue weighted by Crippen LogP contribution is 2.41. The highest BCUT2D eigenvalue weighted by Gasteiger charge is 2.17. The Morgan fingerprint density at radius 1 is 1.14 bits per heavy atom. The van der Waals surface area contributed by atoms with Crippen LogP contribution < -0.4 is 10.0 Å². The predicted molar refractivity (Wildman–Crippen MR) is 85.9 cm³/mol. The molecule has 108 valence electrons. The lowest BCUT2D eigenvalue weighted by atomic mass is 10.3. The lowest BCUT2D eigenvalue weighted by Gasteiger charge is -2.19. The Balaban J connectivity index is 1.92. The molecule has 0 unspecified atom stereocenters. The largest absolute Gasteiger partial charge is 0.508 e. The molecule has 0 aliphatic carbocycles. The van der Waals surface area contributed by atoms with Crippen molar-refractivity contribution in [3.05, 3.63) is 40.4 Å². The summed E-state index contributed by atoms with van der Waals surface area (Å²) in [5, 5.41) is 23.0. The number of hydrogen-bond donors (Lipinski definition) is 4. The van der Waals surface area contributed by atoms with Crippen molar-refractivity contribution in [1.29, 1.82) is 0 Å². The lowest BCUT2D eigenvalue weighted by Crippen LogP contribution is -2.27. The van der Waals surface area contributed by atoms with Gasteiger partial charge in [-0.05, 0) is 30.1 Å². The second-order valence-corrected chi connectivity index (χ2v) is 5.92. The molecule has 0 bridgehead atoms. The highest BCUT2D eigenvalue weighted by atomic mass is 35.5. The van der Waals surface area contributed by atoms with Gasteiger partial charge in [-0.3, -0.25) is 4.72 Å². The molecular formula is C13H9Cl2N3O2S. The molecule has 0 atom stereocenters. The summed E-state index contributed by atoms with van der Waals surface area (Å²) in [4.78, 5) is 5.01. The number of hydrogen-bond acceptors (Lipinski definition) is 6. The third-order valence-corrected chi connectivity index (χ3v) is 4.06. The minimum Gasteiger partial charge on any atom is -0.508 e. The smallest absolute Gasteiger partial charge is 0.211 e. The fourth-order valence-corrected chi connectivity index (χ4v) is 3.01. The molecule has 0 fully saturated rings. The number of fused-ring (bicyclic) bond motifs is 1. The average molecular weight is 342 g/mol. The van der Waals surface area contributed by atoms with E-state index in [0.717, 1.165) is 4.90 Å². The molecule has 21 heavy (non-hydrogen) atoms. The predicted octanol–water partition coefficient (Wildman–Crippen LogP) is 4.11. The first-order valence-electron chi connectivity index (χ1n) is 5.82. The second kappa shape index (κ2) is 5.55. The van der Waals surface area contributed by atoms with Gasteiger partial charge in [0, 0.05) is 17.2 Å². The van der Waals surface area contributed by atoms with E-state index < -0.39 is 0 Å². The zero-order valence-electron chi connectivity index (χ0n) is 10.4. The fraction of sp³-hybridized carbons (Fsp3) is 0. The zero-order chi connectivity index (χ0) is 15.0. The topological polar surface area (TPSA) is 76.9 Å². The molecule has 0 saturated carbocycles. The maximum atomic E-state index is 9.89. The van der Waals surface area contributed by atoms with Gasteiger partial charge in [0.15, 0.2) is 0 Å². The number of nitrogens with zero attached hydrogens (tertiary/aromatic N) is 1. The van der Waals surface area contributed by atoms with Crippen LogP contribution in [0.4, 0.5) is 11.4 Å².